The first-order chi connectivity index (χ1) is 12.0. The lowest BCUT2D eigenvalue weighted by Gasteiger charge is -2.27. The van der Waals surface area contributed by atoms with Crippen molar-refractivity contribution in [2.75, 3.05) is 33.1 Å². The predicted molar refractivity (Wildman–Crippen MR) is 95.7 cm³/mol. The molecule has 0 fully saturated rings. The number of non-ortho nitro benzene ring substituents is 1. The highest BCUT2D eigenvalue weighted by molar-refractivity contribution is 5.61. The van der Waals surface area contributed by atoms with E-state index in [0.717, 1.165) is 11.3 Å². The topological polar surface area (TPSA) is 91.4 Å². The van der Waals surface area contributed by atoms with Gasteiger partial charge in [0.2, 0.25) is 0 Å². The van der Waals surface area contributed by atoms with Crippen molar-refractivity contribution in [2.24, 2.45) is 0 Å². The molecule has 25 heavy (non-hydrogen) atoms. The van der Waals surface area contributed by atoms with E-state index >= 15 is 0 Å². The van der Waals surface area contributed by atoms with Gasteiger partial charge in [-0.15, -0.1) is 0 Å². The lowest BCUT2D eigenvalue weighted by atomic mass is 10.0. The Kier molecular flexibility index (Phi) is 5.93. The highest BCUT2D eigenvalue weighted by Crippen LogP contribution is 2.29. The third-order valence-corrected chi connectivity index (χ3v) is 3.94. The molecule has 0 unspecified atom stereocenters. The van der Waals surface area contributed by atoms with Crippen molar-refractivity contribution < 1.29 is 9.66 Å². The Bertz CT molecular complexity index is 799. The number of ether oxygens (including phenoxy) is 1. The first-order valence-corrected chi connectivity index (χ1v) is 7.69. The van der Waals surface area contributed by atoms with E-state index in [1.165, 1.54) is 12.1 Å². The van der Waals surface area contributed by atoms with Gasteiger partial charge in [-0.2, -0.15) is 5.26 Å². The molecule has 0 saturated carbocycles. The van der Waals surface area contributed by atoms with Crippen molar-refractivity contribution in [2.45, 2.75) is 6.04 Å². The van der Waals surface area contributed by atoms with Crippen LogP contribution >= 0.6 is 0 Å². The van der Waals surface area contributed by atoms with Crippen molar-refractivity contribution >= 4 is 11.4 Å². The van der Waals surface area contributed by atoms with Gasteiger partial charge in [-0.3, -0.25) is 10.1 Å². The molecule has 130 valence electrons. The quantitative estimate of drug-likeness (QED) is 0.615. The maximum absolute atomic E-state index is 10.8. The van der Waals surface area contributed by atoms with Gasteiger partial charge in [-0.05, 0) is 26.2 Å². The zero-order valence-corrected chi connectivity index (χ0v) is 14.4. The van der Waals surface area contributed by atoms with Crippen LogP contribution in [-0.2, 0) is 0 Å². The van der Waals surface area contributed by atoms with Gasteiger partial charge in [0.25, 0.3) is 5.69 Å². The number of nitrogens with one attached hydrogen (secondary N) is 1. The summed E-state index contributed by atoms with van der Waals surface area (Å²) < 4.78 is 5.43. The highest BCUT2D eigenvalue weighted by Gasteiger charge is 2.19. The van der Waals surface area contributed by atoms with Crippen LogP contribution < -0.4 is 10.1 Å². The Morgan fingerprint density at radius 2 is 2.04 bits per heavy atom. The Morgan fingerprint density at radius 3 is 2.64 bits per heavy atom. The molecule has 0 saturated heterocycles. The van der Waals surface area contributed by atoms with E-state index in [0.29, 0.717) is 12.2 Å². The standard InChI is InChI=1S/C18H20N4O3/c1-21(2)17(15-6-4-5-7-18(15)25-3)12-20-16-9-8-14(22(23)24)10-13(16)11-19/h4-10,17,20H,12H2,1-3H3/t17-/m0/s1. The molecule has 0 aromatic heterocycles. The van der Waals surface area contributed by atoms with Gasteiger partial charge in [0.1, 0.15) is 11.8 Å². The molecular formula is C18H20N4O3. The molecule has 0 radical (unpaired) electrons. The summed E-state index contributed by atoms with van der Waals surface area (Å²) >= 11 is 0. The van der Waals surface area contributed by atoms with Crippen LogP contribution in [0.15, 0.2) is 42.5 Å². The number of rotatable bonds is 7. The average Bonchev–Trinajstić information content (AvgIpc) is 2.61. The maximum atomic E-state index is 10.8. The third kappa shape index (κ3) is 4.25. The van der Waals surface area contributed by atoms with Gasteiger partial charge in [-0.25, -0.2) is 0 Å². The number of nitrogens with zero attached hydrogens (tertiary/aromatic N) is 3. The number of benzene rings is 2. The molecule has 0 bridgehead atoms. The Morgan fingerprint density at radius 1 is 1.32 bits per heavy atom. The van der Waals surface area contributed by atoms with E-state index in [1.54, 1.807) is 13.2 Å². The van der Waals surface area contributed by atoms with E-state index in [9.17, 15) is 15.4 Å². The number of para-hydroxylation sites is 1. The number of hydrogen-bond donors (Lipinski definition) is 1. The Hall–Kier alpha value is -3.11. The molecule has 2 aromatic rings. The molecular weight excluding hydrogens is 320 g/mol. The zero-order chi connectivity index (χ0) is 18.4. The average molecular weight is 340 g/mol. The monoisotopic (exact) mass is 340 g/mol. The number of anilines is 1. The van der Waals surface area contributed by atoms with Crippen molar-refractivity contribution in [3.05, 3.63) is 63.7 Å². The number of nitro benzene ring substituents is 1. The third-order valence-electron chi connectivity index (χ3n) is 3.94. The second-order valence-corrected chi connectivity index (χ2v) is 5.70. The first kappa shape index (κ1) is 18.2. The molecule has 7 heteroatoms. The van der Waals surface area contributed by atoms with E-state index in [2.05, 4.69) is 5.32 Å². The largest absolute Gasteiger partial charge is 0.496 e. The molecule has 0 aliphatic heterocycles. The van der Waals surface area contributed by atoms with Gasteiger partial charge in [0, 0.05) is 24.2 Å². The van der Waals surface area contributed by atoms with Crippen LogP contribution in [0.4, 0.5) is 11.4 Å². The Labute approximate surface area is 146 Å². The summed E-state index contributed by atoms with van der Waals surface area (Å²) in [7, 11) is 5.54. The van der Waals surface area contributed by atoms with Gasteiger partial charge in [-0.1, -0.05) is 18.2 Å². The van der Waals surface area contributed by atoms with E-state index in [1.807, 2.05) is 49.3 Å². The maximum Gasteiger partial charge on any atom is 0.270 e. The first-order valence-electron chi connectivity index (χ1n) is 7.69. The summed E-state index contributed by atoms with van der Waals surface area (Å²) in [6, 6.07) is 14.0. The van der Waals surface area contributed by atoms with Gasteiger partial charge >= 0.3 is 0 Å². The second kappa shape index (κ2) is 8.13. The fourth-order valence-electron chi connectivity index (χ4n) is 2.61. The van der Waals surface area contributed by atoms with Gasteiger partial charge in [0.05, 0.1) is 29.3 Å². The van der Waals surface area contributed by atoms with Crippen molar-refractivity contribution in [1.29, 1.82) is 5.26 Å². The summed E-state index contributed by atoms with van der Waals surface area (Å²) in [5, 5.41) is 23.3. The molecule has 0 spiro atoms. The minimum atomic E-state index is -0.512. The minimum absolute atomic E-state index is 0.00196. The highest BCUT2D eigenvalue weighted by atomic mass is 16.6. The molecule has 0 heterocycles. The minimum Gasteiger partial charge on any atom is -0.496 e. The van der Waals surface area contributed by atoms with Crippen LogP contribution in [0.25, 0.3) is 0 Å². The SMILES string of the molecule is COc1ccccc1[C@H](CNc1ccc([N+](=O)[O-])cc1C#N)N(C)C. The molecule has 7 nitrogen and oxygen atoms in total. The van der Waals surface area contributed by atoms with Gasteiger partial charge < -0.3 is 15.0 Å². The molecule has 0 aliphatic carbocycles. The summed E-state index contributed by atoms with van der Waals surface area (Å²) in [6.45, 7) is 0.514. The van der Waals surface area contributed by atoms with Crippen LogP contribution in [0.5, 0.6) is 5.75 Å². The number of methoxy groups -OCH3 is 1. The number of hydrogen-bond acceptors (Lipinski definition) is 6. The van der Waals surface area contributed by atoms with Crippen molar-refractivity contribution in [1.82, 2.24) is 4.90 Å². The smallest absolute Gasteiger partial charge is 0.270 e. The predicted octanol–water partition coefficient (Wildman–Crippen LogP) is 3.19. The van der Waals surface area contributed by atoms with Crippen LogP contribution in [-0.4, -0.2) is 37.6 Å². The molecule has 0 amide bonds. The zero-order valence-electron chi connectivity index (χ0n) is 14.4. The fraction of sp³-hybridized carbons (Fsp3) is 0.278. The lowest BCUT2D eigenvalue weighted by Crippen LogP contribution is -2.27. The lowest BCUT2D eigenvalue weighted by molar-refractivity contribution is -0.384. The summed E-state index contributed by atoms with van der Waals surface area (Å²) in [4.78, 5) is 12.4. The number of nitro groups is 1. The molecule has 1 N–H and O–H groups in total. The van der Waals surface area contributed by atoms with Crippen molar-refractivity contribution in [3.8, 4) is 11.8 Å². The van der Waals surface area contributed by atoms with Crippen LogP contribution in [0.2, 0.25) is 0 Å². The fourth-order valence-corrected chi connectivity index (χ4v) is 2.61. The number of likely N-dealkylation sites (N-methyl/N-ethyl adjacent to an activating group) is 1. The second-order valence-electron chi connectivity index (χ2n) is 5.70. The van der Waals surface area contributed by atoms with Crippen LogP contribution in [0.1, 0.15) is 17.2 Å². The van der Waals surface area contributed by atoms with Gasteiger partial charge in [0.15, 0.2) is 0 Å². The molecule has 2 rings (SSSR count). The van der Waals surface area contributed by atoms with Crippen LogP contribution in [0, 0.1) is 21.4 Å². The van der Waals surface area contributed by atoms with E-state index in [-0.39, 0.29) is 17.3 Å². The van der Waals surface area contributed by atoms with Crippen LogP contribution in [0.3, 0.4) is 0 Å². The van der Waals surface area contributed by atoms with E-state index < -0.39 is 4.92 Å². The summed E-state index contributed by atoms with van der Waals surface area (Å²) in [6.07, 6.45) is 0. The normalized spacial score (nSPS) is 11.6. The Balaban J connectivity index is 2.25. The summed E-state index contributed by atoms with van der Waals surface area (Å²) in [5.74, 6) is 0.784. The molecule has 0 aliphatic rings. The van der Waals surface area contributed by atoms with Crippen molar-refractivity contribution in [3.63, 3.8) is 0 Å². The summed E-state index contributed by atoms with van der Waals surface area (Å²) in [5.41, 5.74) is 1.72. The molecule has 1 atom stereocenters. The number of nitriles is 1. The molecule has 2 aromatic carbocycles. The van der Waals surface area contributed by atoms with E-state index in [4.69, 9.17) is 4.74 Å².